The number of amides is 1. The predicted octanol–water partition coefficient (Wildman–Crippen LogP) is 1.57. The van der Waals surface area contributed by atoms with Gasteiger partial charge in [-0.2, -0.15) is 4.31 Å². The zero-order valence-electron chi connectivity index (χ0n) is 13.5. The summed E-state index contributed by atoms with van der Waals surface area (Å²) < 4.78 is 27.2. The predicted molar refractivity (Wildman–Crippen MR) is 92.4 cm³/mol. The van der Waals surface area contributed by atoms with Crippen LogP contribution < -0.4 is 0 Å². The number of hydrogen-bond donors (Lipinski definition) is 0. The molecule has 0 aromatic carbocycles. The van der Waals surface area contributed by atoms with E-state index in [-0.39, 0.29) is 16.2 Å². The van der Waals surface area contributed by atoms with Crippen LogP contribution in [0, 0.1) is 0 Å². The summed E-state index contributed by atoms with van der Waals surface area (Å²) in [5, 5.41) is 0. The van der Waals surface area contributed by atoms with Gasteiger partial charge in [-0.3, -0.25) is 9.69 Å². The first-order valence-corrected chi connectivity index (χ1v) is 10.1. The van der Waals surface area contributed by atoms with Crippen molar-refractivity contribution < 1.29 is 13.2 Å². The number of nitrogens with zero attached hydrogens (tertiary/aromatic N) is 3. The molecule has 0 radical (unpaired) electrons. The van der Waals surface area contributed by atoms with Gasteiger partial charge in [0.05, 0.1) is 10.9 Å². The molecule has 6 nitrogen and oxygen atoms in total. The van der Waals surface area contributed by atoms with Crippen LogP contribution in [0.25, 0.3) is 0 Å². The Morgan fingerprint density at radius 2 is 1.91 bits per heavy atom. The topological polar surface area (TPSA) is 60.9 Å². The van der Waals surface area contributed by atoms with Crippen LogP contribution >= 0.6 is 22.9 Å². The minimum Gasteiger partial charge on any atom is -0.342 e. The van der Waals surface area contributed by atoms with E-state index in [4.69, 9.17) is 11.6 Å². The summed E-state index contributed by atoms with van der Waals surface area (Å²) in [5.74, 6) is 0.0568. The molecule has 1 aromatic rings. The van der Waals surface area contributed by atoms with Gasteiger partial charge in [0.15, 0.2) is 0 Å². The van der Waals surface area contributed by atoms with E-state index < -0.39 is 10.0 Å². The highest BCUT2D eigenvalue weighted by atomic mass is 35.5. The highest BCUT2D eigenvalue weighted by Crippen LogP contribution is 2.28. The average Bonchev–Trinajstić information content (AvgIpc) is 2.94. The van der Waals surface area contributed by atoms with Gasteiger partial charge in [-0.05, 0) is 26.0 Å². The van der Waals surface area contributed by atoms with Crippen molar-refractivity contribution in [1.82, 2.24) is 14.1 Å². The Kier molecular flexibility index (Phi) is 6.07. The Labute approximate surface area is 146 Å². The fraction of sp³-hybridized carbons (Fsp3) is 0.643. The van der Waals surface area contributed by atoms with Gasteiger partial charge >= 0.3 is 0 Å². The third-order valence-electron chi connectivity index (χ3n) is 4.00. The Bertz CT molecular complexity index is 652. The van der Waals surface area contributed by atoms with Crippen LogP contribution in [0.15, 0.2) is 16.3 Å². The number of rotatable bonds is 5. The normalized spacial score (nSPS) is 17.6. The highest BCUT2D eigenvalue weighted by Gasteiger charge is 2.30. The van der Waals surface area contributed by atoms with Gasteiger partial charge in [0.2, 0.25) is 5.91 Å². The number of piperazine rings is 1. The van der Waals surface area contributed by atoms with Gasteiger partial charge < -0.3 is 4.90 Å². The number of halogens is 1. The molecule has 0 N–H and O–H groups in total. The Hall–Kier alpha value is -0.670. The molecule has 1 aliphatic rings. The first-order valence-electron chi connectivity index (χ1n) is 7.45. The summed E-state index contributed by atoms with van der Waals surface area (Å²) in [6, 6.07) is 3.29. The van der Waals surface area contributed by atoms with Crippen molar-refractivity contribution in [1.29, 1.82) is 0 Å². The van der Waals surface area contributed by atoms with Crippen molar-refractivity contribution >= 4 is 38.9 Å². The summed E-state index contributed by atoms with van der Waals surface area (Å²) >= 11 is 6.89. The molecule has 2 heterocycles. The van der Waals surface area contributed by atoms with E-state index >= 15 is 0 Å². The number of thiophene rings is 1. The van der Waals surface area contributed by atoms with Crippen molar-refractivity contribution in [3.63, 3.8) is 0 Å². The molecule has 1 aromatic heterocycles. The van der Waals surface area contributed by atoms with Gasteiger partial charge in [0, 0.05) is 39.3 Å². The molecule has 0 aliphatic carbocycles. The van der Waals surface area contributed by atoms with Gasteiger partial charge in [0.1, 0.15) is 4.21 Å². The van der Waals surface area contributed by atoms with E-state index in [1.165, 1.54) is 10.4 Å². The van der Waals surface area contributed by atoms with E-state index in [2.05, 4.69) is 0 Å². The first kappa shape index (κ1) is 18.7. The van der Waals surface area contributed by atoms with Gasteiger partial charge in [-0.15, -0.1) is 11.3 Å². The lowest BCUT2D eigenvalue weighted by atomic mass is 10.3. The molecule has 1 saturated heterocycles. The summed E-state index contributed by atoms with van der Waals surface area (Å²) in [5.41, 5.74) is 0. The van der Waals surface area contributed by atoms with E-state index in [9.17, 15) is 13.2 Å². The molecule has 2 rings (SSSR count). The molecule has 0 spiro atoms. The minimum atomic E-state index is -3.48. The molecular formula is C14H22ClN3O3S2. The van der Waals surface area contributed by atoms with E-state index in [1.54, 1.807) is 18.0 Å². The van der Waals surface area contributed by atoms with Crippen molar-refractivity contribution in [2.75, 3.05) is 39.8 Å². The second-order valence-corrected chi connectivity index (χ2v) is 9.72. The van der Waals surface area contributed by atoms with Crippen LogP contribution in [0.4, 0.5) is 0 Å². The molecule has 0 unspecified atom stereocenters. The molecular weight excluding hydrogens is 358 g/mol. The SMILES string of the molecule is CC(C)N(C)C(=O)CN1CCN(S(=O)(=O)c2ccc(Cl)s2)CC1. The summed E-state index contributed by atoms with van der Waals surface area (Å²) in [4.78, 5) is 15.8. The average molecular weight is 380 g/mol. The number of likely N-dealkylation sites (N-methyl/N-ethyl adjacent to an activating group) is 1. The number of carbonyl (C=O) groups is 1. The quantitative estimate of drug-likeness (QED) is 0.779. The maximum Gasteiger partial charge on any atom is 0.252 e. The Balaban J connectivity index is 1.92. The van der Waals surface area contributed by atoms with E-state index in [1.807, 2.05) is 18.7 Å². The van der Waals surface area contributed by atoms with Crippen LogP contribution in [0.5, 0.6) is 0 Å². The molecule has 0 saturated carbocycles. The first-order chi connectivity index (χ1) is 10.7. The maximum absolute atomic E-state index is 12.5. The Morgan fingerprint density at radius 3 is 2.39 bits per heavy atom. The highest BCUT2D eigenvalue weighted by molar-refractivity contribution is 7.91. The van der Waals surface area contributed by atoms with Crippen LogP contribution in [-0.2, 0) is 14.8 Å². The lowest BCUT2D eigenvalue weighted by Gasteiger charge is -2.34. The van der Waals surface area contributed by atoms with Gasteiger partial charge in [-0.25, -0.2) is 8.42 Å². The largest absolute Gasteiger partial charge is 0.342 e. The van der Waals surface area contributed by atoms with Crippen LogP contribution in [0.3, 0.4) is 0 Å². The van der Waals surface area contributed by atoms with Gasteiger partial charge in [0.25, 0.3) is 10.0 Å². The third-order valence-corrected chi connectivity index (χ3v) is 7.60. The standard InChI is InChI=1S/C14H22ClN3O3S2/c1-11(2)16(3)13(19)10-17-6-8-18(9-7-17)23(20,21)14-5-4-12(15)22-14/h4-5,11H,6-10H2,1-3H3. The Morgan fingerprint density at radius 1 is 1.30 bits per heavy atom. The number of carbonyl (C=O) groups excluding carboxylic acids is 1. The van der Waals surface area contributed by atoms with Crippen LogP contribution in [0.2, 0.25) is 4.34 Å². The van der Waals surface area contributed by atoms with E-state index in [0.29, 0.717) is 37.1 Å². The van der Waals surface area contributed by atoms with Crippen molar-refractivity contribution in [2.45, 2.75) is 24.1 Å². The zero-order valence-corrected chi connectivity index (χ0v) is 15.9. The van der Waals surface area contributed by atoms with Crippen LogP contribution in [0.1, 0.15) is 13.8 Å². The smallest absolute Gasteiger partial charge is 0.252 e. The summed E-state index contributed by atoms with van der Waals surface area (Å²) in [6.45, 7) is 6.13. The molecule has 23 heavy (non-hydrogen) atoms. The molecule has 0 atom stereocenters. The summed E-state index contributed by atoms with van der Waals surface area (Å²) in [6.07, 6.45) is 0. The minimum absolute atomic E-state index is 0.0568. The molecule has 9 heteroatoms. The van der Waals surface area contributed by atoms with Crippen molar-refractivity contribution in [3.8, 4) is 0 Å². The molecule has 1 amide bonds. The van der Waals surface area contributed by atoms with Gasteiger partial charge in [-0.1, -0.05) is 11.6 Å². The monoisotopic (exact) mass is 379 g/mol. The lowest BCUT2D eigenvalue weighted by Crippen LogP contribution is -2.51. The lowest BCUT2D eigenvalue weighted by molar-refractivity contribution is -0.132. The zero-order chi connectivity index (χ0) is 17.2. The van der Waals surface area contributed by atoms with Crippen molar-refractivity contribution in [3.05, 3.63) is 16.5 Å². The second kappa shape index (κ2) is 7.48. The van der Waals surface area contributed by atoms with Crippen molar-refractivity contribution in [2.24, 2.45) is 0 Å². The fourth-order valence-electron chi connectivity index (χ4n) is 2.28. The maximum atomic E-state index is 12.5. The number of hydrogen-bond acceptors (Lipinski definition) is 5. The number of sulfonamides is 1. The summed E-state index contributed by atoms with van der Waals surface area (Å²) in [7, 11) is -1.69. The molecule has 1 aliphatic heterocycles. The molecule has 1 fully saturated rings. The molecule has 0 bridgehead atoms. The molecule has 130 valence electrons. The van der Waals surface area contributed by atoms with E-state index in [0.717, 1.165) is 11.3 Å². The fourth-order valence-corrected chi connectivity index (χ4v) is 5.34. The second-order valence-electron chi connectivity index (χ2n) is 5.84. The third kappa shape index (κ3) is 4.45. The van der Waals surface area contributed by atoms with Crippen LogP contribution in [-0.4, -0.2) is 74.2 Å².